The van der Waals surface area contributed by atoms with E-state index >= 15 is 0 Å². The quantitative estimate of drug-likeness (QED) is 0.479. The highest BCUT2D eigenvalue weighted by atomic mass is 16.5. The van der Waals surface area contributed by atoms with Crippen LogP contribution in [0.1, 0.15) is 20.3 Å². The Balaban J connectivity index is 3.44. The average Bonchev–Trinajstić information content (AvgIpc) is 2.24. The lowest BCUT2D eigenvalue weighted by atomic mass is 9.95. The van der Waals surface area contributed by atoms with E-state index in [1.54, 1.807) is 7.11 Å². The Labute approximate surface area is 97.6 Å². The summed E-state index contributed by atoms with van der Waals surface area (Å²) in [5, 5.41) is 14.8. The van der Waals surface area contributed by atoms with E-state index in [1.165, 1.54) is 0 Å². The minimum Gasteiger partial charge on any atom is -0.396 e. The Morgan fingerprint density at radius 3 is 2.69 bits per heavy atom. The van der Waals surface area contributed by atoms with Crippen LogP contribution in [0.25, 0.3) is 0 Å². The molecule has 0 saturated carbocycles. The van der Waals surface area contributed by atoms with Crippen LogP contribution in [-0.4, -0.2) is 51.0 Å². The summed E-state index contributed by atoms with van der Waals surface area (Å²) < 4.78 is 4.87. The standard InChI is InChI=1S/C11H24N2O3/c1-11(2,9-14)8-12-7-10(15)13-5-4-6-16-3/h12,14H,4-9H2,1-3H3,(H,13,15). The van der Waals surface area contributed by atoms with Gasteiger partial charge in [0.05, 0.1) is 6.54 Å². The molecule has 0 aromatic heterocycles. The molecule has 3 N–H and O–H groups in total. The molecule has 0 aromatic rings. The molecule has 5 nitrogen and oxygen atoms in total. The summed E-state index contributed by atoms with van der Waals surface area (Å²) in [7, 11) is 1.64. The van der Waals surface area contributed by atoms with Crippen LogP contribution in [0.4, 0.5) is 0 Å². The van der Waals surface area contributed by atoms with E-state index in [1.807, 2.05) is 13.8 Å². The van der Waals surface area contributed by atoms with Crippen LogP contribution in [0.15, 0.2) is 0 Å². The lowest BCUT2D eigenvalue weighted by molar-refractivity contribution is -0.120. The van der Waals surface area contributed by atoms with Crippen LogP contribution in [0.3, 0.4) is 0 Å². The number of ether oxygens (including phenoxy) is 1. The van der Waals surface area contributed by atoms with Gasteiger partial charge in [-0.05, 0) is 6.42 Å². The Morgan fingerprint density at radius 1 is 1.44 bits per heavy atom. The highest BCUT2D eigenvalue weighted by Gasteiger charge is 2.15. The Morgan fingerprint density at radius 2 is 2.12 bits per heavy atom. The van der Waals surface area contributed by atoms with Gasteiger partial charge in [-0.15, -0.1) is 0 Å². The summed E-state index contributed by atoms with van der Waals surface area (Å²) in [5.41, 5.74) is -0.184. The molecule has 0 aliphatic carbocycles. The molecule has 5 heteroatoms. The van der Waals surface area contributed by atoms with E-state index in [0.29, 0.717) is 19.7 Å². The molecule has 0 aliphatic rings. The van der Waals surface area contributed by atoms with Crippen molar-refractivity contribution >= 4 is 5.91 Å². The zero-order valence-corrected chi connectivity index (χ0v) is 10.5. The second-order valence-electron chi connectivity index (χ2n) is 4.62. The monoisotopic (exact) mass is 232 g/mol. The first kappa shape index (κ1) is 15.3. The molecule has 16 heavy (non-hydrogen) atoms. The third kappa shape index (κ3) is 8.64. The molecule has 0 saturated heterocycles. The Bertz CT molecular complexity index is 196. The lowest BCUT2D eigenvalue weighted by Crippen LogP contribution is -2.39. The predicted molar refractivity (Wildman–Crippen MR) is 63.2 cm³/mol. The van der Waals surface area contributed by atoms with Crippen molar-refractivity contribution in [3.05, 3.63) is 0 Å². The lowest BCUT2D eigenvalue weighted by Gasteiger charge is -2.21. The maximum Gasteiger partial charge on any atom is 0.233 e. The normalized spacial score (nSPS) is 11.5. The van der Waals surface area contributed by atoms with Crippen LogP contribution < -0.4 is 10.6 Å². The first-order valence-corrected chi connectivity index (χ1v) is 5.59. The second kappa shape index (κ2) is 8.50. The van der Waals surface area contributed by atoms with Crippen LogP contribution >= 0.6 is 0 Å². The molecule has 0 aromatic carbocycles. The summed E-state index contributed by atoms with van der Waals surface area (Å²) in [4.78, 5) is 11.3. The van der Waals surface area contributed by atoms with Crippen LogP contribution in [0.5, 0.6) is 0 Å². The number of carbonyl (C=O) groups excluding carboxylic acids is 1. The predicted octanol–water partition coefficient (Wildman–Crippen LogP) is -0.253. The molecule has 0 spiro atoms. The topological polar surface area (TPSA) is 70.6 Å². The van der Waals surface area contributed by atoms with Crippen molar-refractivity contribution in [2.45, 2.75) is 20.3 Å². The van der Waals surface area contributed by atoms with Gasteiger partial charge in [-0.3, -0.25) is 4.79 Å². The average molecular weight is 232 g/mol. The van der Waals surface area contributed by atoms with E-state index in [9.17, 15) is 4.79 Å². The van der Waals surface area contributed by atoms with Gasteiger partial charge in [-0.25, -0.2) is 0 Å². The van der Waals surface area contributed by atoms with E-state index in [0.717, 1.165) is 6.42 Å². The zero-order valence-electron chi connectivity index (χ0n) is 10.5. The molecule has 1 amide bonds. The van der Waals surface area contributed by atoms with Gasteiger partial charge < -0.3 is 20.5 Å². The summed E-state index contributed by atoms with van der Waals surface area (Å²) in [6.45, 7) is 6.19. The number of rotatable bonds is 9. The smallest absolute Gasteiger partial charge is 0.233 e. The number of amides is 1. The molecule has 0 bridgehead atoms. The van der Waals surface area contributed by atoms with Gasteiger partial charge in [0.25, 0.3) is 0 Å². The number of hydrogen-bond donors (Lipinski definition) is 3. The minimum absolute atomic E-state index is 0.0233. The van der Waals surface area contributed by atoms with E-state index in [-0.39, 0.29) is 24.5 Å². The first-order chi connectivity index (χ1) is 7.52. The van der Waals surface area contributed by atoms with Crippen LogP contribution in [-0.2, 0) is 9.53 Å². The molecule has 0 radical (unpaired) electrons. The van der Waals surface area contributed by atoms with Gasteiger partial charge >= 0.3 is 0 Å². The van der Waals surface area contributed by atoms with Gasteiger partial charge in [0.1, 0.15) is 0 Å². The van der Waals surface area contributed by atoms with Crippen molar-refractivity contribution in [2.75, 3.05) is 40.0 Å². The number of aliphatic hydroxyl groups is 1. The first-order valence-electron chi connectivity index (χ1n) is 5.59. The molecular weight excluding hydrogens is 208 g/mol. The maximum absolute atomic E-state index is 11.3. The largest absolute Gasteiger partial charge is 0.396 e. The van der Waals surface area contributed by atoms with Crippen LogP contribution in [0.2, 0.25) is 0 Å². The minimum atomic E-state index is -0.184. The van der Waals surface area contributed by atoms with Crippen molar-refractivity contribution < 1.29 is 14.6 Å². The van der Waals surface area contributed by atoms with Crippen molar-refractivity contribution in [3.8, 4) is 0 Å². The van der Waals surface area contributed by atoms with Crippen molar-refractivity contribution in [1.29, 1.82) is 0 Å². The second-order valence-corrected chi connectivity index (χ2v) is 4.62. The van der Waals surface area contributed by atoms with Gasteiger partial charge in [0.2, 0.25) is 5.91 Å². The highest BCUT2D eigenvalue weighted by Crippen LogP contribution is 2.10. The van der Waals surface area contributed by atoms with Crippen molar-refractivity contribution in [1.82, 2.24) is 10.6 Å². The molecule has 0 fully saturated rings. The van der Waals surface area contributed by atoms with Crippen LogP contribution in [0, 0.1) is 5.41 Å². The fourth-order valence-electron chi connectivity index (χ4n) is 1.08. The summed E-state index contributed by atoms with van der Waals surface area (Å²) in [6.07, 6.45) is 0.824. The van der Waals surface area contributed by atoms with E-state index < -0.39 is 0 Å². The Hall–Kier alpha value is -0.650. The van der Waals surface area contributed by atoms with Gasteiger partial charge in [-0.1, -0.05) is 13.8 Å². The molecular formula is C11H24N2O3. The third-order valence-electron chi connectivity index (χ3n) is 2.16. The van der Waals surface area contributed by atoms with E-state index in [2.05, 4.69) is 10.6 Å². The molecule has 96 valence electrons. The van der Waals surface area contributed by atoms with E-state index in [4.69, 9.17) is 9.84 Å². The number of aliphatic hydroxyl groups excluding tert-OH is 1. The van der Waals surface area contributed by atoms with Gasteiger partial charge in [0, 0.05) is 38.8 Å². The molecule has 0 rings (SSSR count). The fraction of sp³-hybridized carbons (Fsp3) is 0.909. The molecule has 0 unspecified atom stereocenters. The summed E-state index contributed by atoms with van der Waals surface area (Å²) in [5.74, 6) is -0.0233. The number of nitrogens with one attached hydrogen (secondary N) is 2. The summed E-state index contributed by atoms with van der Waals surface area (Å²) in [6, 6.07) is 0. The third-order valence-corrected chi connectivity index (χ3v) is 2.16. The number of hydrogen-bond acceptors (Lipinski definition) is 4. The van der Waals surface area contributed by atoms with Gasteiger partial charge in [0.15, 0.2) is 0 Å². The SMILES string of the molecule is COCCCNC(=O)CNCC(C)(C)CO. The molecule has 0 atom stereocenters. The maximum atomic E-state index is 11.3. The number of methoxy groups -OCH3 is 1. The zero-order chi connectivity index (χ0) is 12.4. The summed E-state index contributed by atoms with van der Waals surface area (Å²) >= 11 is 0. The van der Waals surface area contributed by atoms with Gasteiger partial charge in [-0.2, -0.15) is 0 Å². The number of carbonyl (C=O) groups is 1. The highest BCUT2D eigenvalue weighted by molar-refractivity contribution is 5.77. The van der Waals surface area contributed by atoms with Crippen molar-refractivity contribution in [2.24, 2.45) is 5.41 Å². The van der Waals surface area contributed by atoms with Crippen molar-refractivity contribution in [3.63, 3.8) is 0 Å². The Kier molecular flexibility index (Phi) is 8.15. The fourth-order valence-corrected chi connectivity index (χ4v) is 1.08. The molecule has 0 heterocycles. The molecule has 0 aliphatic heterocycles.